The third-order valence-electron chi connectivity index (χ3n) is 6.14. The number of benzene rings is 2. The van der Waals surface area contributed by atoms with Gasteiger partial charge in [-0.15, -0.1) is 0 Å². The summed E-state index contributed by atoms with van der Waals surface area (Å²) in [5, 5.41) is 2.84. The first kappa shape index (κ1) is 25.3. The number of methoxy groups -OCH3 is 1. The lowest BCUT2D eigenvalue weighted by Gasteiger charge is -2.35. The zero-order valence-electron chi connectivity index (χ0n) is 20.0. The number of esters is 1. The fourth-order valence-electron chi connectivity index (χ4n) is 4.19. The molecule has 0 aromatic heterocycles. The molecule has 0 radical (unpaired) electrons. The number of nitrogens with zero attached hydrogens (tertiary/aromatic N) is 1. The predicted molar refractivity (Wildman–Crippen MR) is 129 cm³/mol. The third kappa shape index (κ3) is 6.83. The van der Waals surface area contributed by atoms with E-state index in [0.717, 1.165) is 42.4 Å². The molecule has 3 rings (SSSR count). The first-order valence-electron chi connectivity index (χ1n) is 12.0. The van der Waals surface area contributed by atoms with Crippen molar-refractivity contribution in [3.8, 4) is 0 Å². The summed E-state index contributed by atoms with van der Waals surface area (Å²) in [4.78, 5) is 40.2. The van der Waals surface area contributed by atoms with Crippen molar-refractivity contribution in [2.75, 3.05) is 7.11 Å². The van der Waals surface area contributed by atoms with Crippen LogP contribution in [-0.2, 0) is 38.6 Å². The van der Waals surface area contributed by atoms with Gasteiger partial charge in [0.15, 0.2) is 0 Å². The highest BCUT2D eigenvalue weighted by molar-refractivity contribution is 5.90. The van der Waals surface area contributed by atoms with Gasteiger partial charge in [-0.1, -0.05) is 87.2 Å². The van der Waals surface area contributed by atoms with Crippen LogP contribution in [0.15, 0.2) is 54.6 Å². The van der Waals surface area contributed by atoms with Crippen molar-refractivity contribution in [1.29, 1.82) is 0 Å². The molecule has 1 aliphatic heterocycles. The van der Waals surface area contributed by atoms with Crippen molar-refractivity contribution in [2.45, 2.75) is 70.7 Å². The summed E-state index contributed by atoms with van der Waals surface area (Å²) in [6.45, 7) is 2.50. The number of carbonyl (C=O) groups is 3. The quantitative estimate of drug-likeness (QED) is 0.415. The molecule has 2 aromatic carbocycles. The van der Waals surface area contributed by atoms with Crippen molar-refractivity contribution in [3.63, 3.8) is 0 Å². The van der Waals surface area contributed by atoms with E-state index in [1.165, 1.54) is 12.0 Å². The van der Waals surface area contributed by atoms with Gasteiger partial charge in [-0.25, -0.2) is 9.59 Å². The molecule has 0 spiro atoms. The van der Waals surface area contributed by atoms with Crippen molar-refractivity contribution < 1.29 is 23.9 Å². The van der Waals surface area contributed by atoms with Gasteiger partial charge in [0.2, 0.25) is 5.91 Å². The van der Waals surface area contributed by atoms with Gasteiger partial charge in [0.25, 0.3) is 0 Å². The number of rotatable bonds is 10. The van der Waals surface area contributed by atoms with E-state index >= 15 is 0 Å². The van der Waals surface area contributed by atoms with Gasteiger partial charge in [-0.2, -0.15) is 0 Å². The summed E-state index contributed by atoms with van der Waals surface area (Å²) in [7, 11) is 1.32. The van der Waals surface area contributed by atoms with Gasteiger partial charge in [0, 0.05) is 6.42 Å². The van der Waals surface area contributed by atoms with E-state index in [1.54, 1.807) is 0 Å². The van der Waals surface area contributed by atoms with Crippen molar-refractivity contribution in [2.24, 2.45) is 0 Å². The molecule has 2 atom stereocenters. The lowest BCUT2D eigenvalue weighted by Crippen LogP contribution is -2.55. The minimum Gasteiger partial charge on any atom is -0.467 e. The molecule has 0 unspecified atom stereocenters. The molecule has 2 amide bonds. The zero-order chi connectivity index (χ0) is 24.3. The Morgan fingerprint density at radius 2 is 1.71 bits per heavy atom. The Morgan fingerprint density at radius 3 is 2.41 bits per heavy atom. The van der Waals surface area contributed by atoms with Gasteiger partial charge in [0.05, 0.1) is 13.7 Å². The standard InChI is InChI=1S/C27H34N2O5/c1-3-4-5-9-16-23(26(31)33-2)28-25(30)24-17-21-14-10-11-15-22(21)18-29(24)27(32)34-19-20-12-7-6-8-13-20/h6-8,10-15,23-24H,3-5,9,16-19H2,1-2H3,(H,28,30)/t23-,24+/m1/s1. The maximum absolute atomic E-state index is 13.3. The van der Waals surface area contributed by atoms with Crippen molar-refractivity contribution in [1.82, 2.24) is 10.2 Å². The normalized spacial score (nSPS) is 15.7. The summed E-state index contributed by atoms with van der Waals surface area (Å²) in [5.74, 6) is -0.851. The van der Waals surface area contributed by atoms with E-state index in [2.05, 4.69) is 12.2 Å². The van der Waals surface area contributed by atoms with Crippen LogP contribution in [0.4, 0.5) is 4.79 Å². The fourth-order valence-corrected chi connectivity index (χ4v) is 4.19. The zero-order valence-corrected chi connectivity index (χ0v) is 20.0. The van der Waals surface area contributed by atoms with Crippen LogP contribution in [-0.4, -0.2) is 42.1 Å². The molecule has 0 aliphatic carbocycles. The van der Waals surface area contributed by atoms with Gasteiger partial charge in [-0.3, -0.25) is 9.69 Å². The Labute approximate surface area is 201 Å². The van der Waals surface area contributed by atoms with E-state index < -0.39 is 24.1 Å². The second-order valence-corrected chi connectivity index (χ2v) is 8.59. The van der Waals surface area contributed by atoms with Gasteiger partial charge < -0.3 is 14.8 Å². The first-order chi connectivity index (χ1) is 16.5. The average Bonchev–Trinajstić information content (AvgIpc) is 2.88. The molecule has 7 heteroatoms. The predicted octanol–water partition coefficient (Wildman–Crippen LogP) is 4.38. The topological polar surface area (TPSA) is 84.9 Å². The third-order valence-corrected chi connectivity index (χ3v) is 6.14. The summed E-state index contributed by atoms with van der Waals surface area (Å²) in [5.41, 5.74) is 2.85. The average molecular weight is 467 g/mol. The van der Waals surface area contributed by atoms with Crippen LogP contribution in [0.3, 0.4) is 0 Å². The smallest absolute Gasteiger partial charge is 0.411 e. The fraction of sp³-hybridized carbons (Fsp3) is 0.444. The molecule has 0 fully saturated rings. The minimum absolute atomic E-state index is 0.119. The van der Waals surface area contributed by atoms with Crippen LogP contribution >= 0.6 is 0 Å². The van der Waals surface area contributed by atoms with Crippen LogP contribution in [0.2, 0.25) is 0 Å². The molecule has 1 aliphatic rings. The van der Waals surface area contributed by atoms with Crippen LogP contribution in [0.25, 0.3) is 0 Å². The van der Waals surface area contributed by atoms with E-state index in [1.807, 2.05) is 54.6 Å². The highest BCUT2D eigenvalue weighted by Gasteiger charge is 2.37. The number of unbranched alkanes of at least 4 members (excludes halogenated alkanes) is 3. The Bertz CT molecular complexity index is 963. The maximum Gasteiger partial charge on any atom is 0.411 e. The lowest BCUT2D eigenvalue weighted by molar-refractivity contribution is -0.146. The molecule has 2 aromatic rings. The Kier molecular flexibility index (Phi) is 9.50. The second-order valence-electron chi connectivity index (χ2n) is 8.59. The molecule has 0 saturated carbocycles. The van der Waals surface area contributed by atoms with Crippen LogP contribution in [0.1, 0.15) is 55.7 Å². The van der Waals surface area contributed by atoms with E-state index in [4.69, 9.17) is 9.47 Å². The van der Waals surface area contributed by atoms with Crippen molar-refractivity contribution >= 4 is 18.0 Å². The minimum atomic E-state index is -0.777. The molecule has 182 valence electrons. The number of hydrogen-bond donors (Lipinski definition) is 1. The molecule has 1 N–H and O–H groups in total. The molecule has 34 heavy (non-hydrogen) atoms. The highest BCUT2D eigenvalue weighted by Crippen LogP contribution is 2.25. The molecule has 0 saturated heterocycles. The summed E-state index contributed by atoms with van der Waals surface area (Å²) < 4.78 is 10.5. The van der Waals surface area contributed by atoms with Gasteiger partial charge in [0.1, 0.15) is 18.7 Å². The number of amides is 2. The van der Waals surface area contributed by atoms with Gasteiger partial charge >= 0.3 is 12.1 Å². The van der Waals surface area contributed by atoms with Crippen LogP contribution in [0, 0.1) is 0 Å². The SMILES string of the molecule is CCCCCC[C@@H](NC(=O)[C@@H]1Cc2ccccc2CN1C(=O)OCc1ccccc1)C(=O)OC. The van der Waals surface area contributed by atoms with Crippen LogP contribution < -0.4 is 5.32 Å². The van der Waals surface area contributed by atoms with E-state index in [-0.39, 0.29) is 19.1 Å². The first-order valence-corrected chi connectivity index (χ1v) is 12.0. The largest absolute Gasteiger partial charge is 0.467 e. The summed E-state index contributed by atoms with van der Waals surface area (Å²) >= 11 is 0. The number of carbonyl (C=O) groups excluding carboxylic acids is 3. The molecule has 7 nitrogen and oxygen atoms in total. The van der Waals surface area contributed by atoms with Gasteiger partial charge in [-0.05, 0) is 23.1 Å². The van der Waals surface area contributed by atoms with Crippen molar-refractivity contribution in [3.05, 3.63) is 71.3 Å². The summed E-state index contributed by atoms with van der Waals surface area (Å²) in [6.07, 6.45) is 4.24. The number of hydrogen-bond acceptors (Lipinski definition) is 5. The van der Waals surface area contributed by atoms with E-state index in [0.29, 0.717) is 12.8 Å². The number of nitrogens with one attached hydrogen (secondary N) is 1. The van der Waals surface area contributed by atoms with E-state index in [9.17, 15) is 14.4 Å². The molecular formula is C27H34N2O5. The Hall–Kier alpha value is -3.35. The monoisotopic (exact) mass is 466 g/mol. The second kappa shape index (κ2) is 12.8. The lowest BCUT2D eigenvalue weighted by atomic mass is 9.93. The molecule has 1 heterocycles. The molecular weight excluding hydrogens is 432 g/mol. The molecule has 0 bridgehead atoms. The summed E-state index contributed by atoms with van der Waals surface area (Å²) in [6, 6.07) is 15.6. The Morgan fingerprint density at radius 1 is 1.00 bits per heavy atom. The Balaban J connectivity index is 1.73. The highest BCUT2D eigenvalue weighted by atomic mass is 16.6. The number of fused-ring (bicyclic) bond motifs is 1. The number of ether oxygens (including phenoxy) is 2. The van der Waals surface area contributed by atoms with Crippen LogP contribution in [0.5, 0.6) is 0 Å². The maximum atomic E-state index is 13.3.